The minimum absolute atomic E-state index is 0.149. The maximum absolute atomic E-state index is 12.6. The molecule has 7 heteroatoms. The Kier molecular flexibility index (Phi) is 5.41. The second kappa shape index (κ2) is 8.27. The Hall–Kier alpha value is -3.24. The van der Waals surface area contributed by atoms with Gasteiger partial charge in [0.1, 0.15) is 0 Å². The van der Waals surface area contributed by atoms with E-state index in [4.69, 9.17) is 6.57 Å². The van der Waals surface area contributed by atoms with E-state index < -0.39 is 0 Å². The smallest absolute Gasteiger partial charge is 0.350 e. The van der Waals surface area contributed by atoms with Gasteiger partial charge in [0.05, 0.1) is 5.52 Å². The highest BCUT2D eigenvalue weighted by molar-refractivity contribution is 5.87. The molecule has 0 N–H and O–H groups in total. The van der Waals surface area contributed by atoms with Crippen LogP contribution in [0.4, 0.5) is 11.6 Å². The molecule has 1 aliphatic heterocycles. The summed E-state index contributed by atoms with van der Waals surface area (Å²) < 4.78 is 1.50. The lowest BCUT2D eigenvalue weighted by Crippen LogP contribution is -2.57. The van der Waals surface area contributed by atoms with E-state index in [9.17, 15) is 4.79 Å². The molecule has 170 valence electrons. The minimum Gasteiger partial charge on any atom is -0.361 e. The van der Waals surface area contributed by atoms with Crippen molar-refractivity contribution in [3.8, 4) is 0 Å². The standard InChI is InChI=1S/C26H30N6O/c1-16-15-32(25-24-22(30(5)26(33)29-25)12-13-23(27-4)28-24)17(2)14-31(16)18(3)19-6-8-20(9-7-19)21-10-11-21/h6-9,12-13,16-18,21H,10-11,14-15H2,1-3,5H3/t16-,17+,18?/m1/s1. The van der Waals surface area contributed by atoms with Gasteiger partial charge < -0.3 is 9.74 Å². The van der Waals surface area contributed by atoms with Crippen molar-refractivity contribution in [1.82, 2.24) is 19.4 Å². The highest BCUT2D eigenvalue weighted by Gasteiger charge is 2.35. The van der Waals surface area contributed by atoms with Crippen LogP contribution in [0.2, 0.25) is 0 Å². The lowest BCUT2D eigenvalue weighted by Gasteiger charge is -2.47. The lowest BCUT2D eigenvalue weighted by molar-refractivity contribution is 0.119. The first-order valence-electron chi connectivity index (χ1n) is 11.7. The topological polar surface area (TPSA) is 58.6 Å². The Morgan fingerprint density at radius 3 is 2.42 bits per heavy atom. The van der Waals surface area contributed by atoms with Crippen LogP contribution in [-0.4, -0.2) is 44.6 Å². The Balaban J connectivity index is 1.44. The van der Waals surface area contributed by atoms with Crippen molar-refractivity contribution < 1.29 is 0 Å². The maximum atomic E-state index is 12.6. The Morgan fingerprint density at radius 2 is 1.76 bits per heavy atom. The number of rotatable bonds is 4. The van der Waals surface area contributed by atoms with E-state index in [1.807, 2.05) is 0 Å². The first kappa shape index (κ1) is 21.6. The molecule has 1 unspecified atom stereocenters. The van der Waals surface area contributed by atoms with Crippen molar-refractivity contribution >= 4 is 22.7 Å². The van der Waals surface area contributed by atoms with Crippen LogP contribution in [-0.2, 0) is 7.05 Å². The summed E-state index contributed by atoms with van der Waals surface area (Å²) in [6.45, 7) is 15.6. The molecule has 5 rings (SSSR count). The van der Waals surface area contributed by atoms with Crippen LogP contribution in [0.3, 0.4) is 0 Å². The van der Waals surface area contributed by atoms with Gasteiger partial charge in [-0.3, -0.25) is 9.47 Å². The molecule has 0 bridgehead atoms. The predicted molar refractivity (Wildman–Crippen MR) is 131 cm³/mol. The van der Waals surface area contributed by atoms with E-state index in [2.05, 4.69) is 69.6 Å². The zero-order valence-electron chi connectivity index (χ0n) is 19.7. The predicted octanol–water partition coefficient (Wildman–Crippen LogP) is 4.42. The van der Waals surface area contributed by atoms with Gasteiger partial charge in [0.15, 0.2) is 5.82 Å². The number of hydrogen-bond donors (Lipinski definition) is 0. The van der Waals surface area contributed by atoms with Gasteiger partial charge in [0, 0.05) is 38.3 Å². The average Bonchev–Trinajstić information content (AvgIpc) is 3.67. The van der Waals surface area contributed by atoms with Gasteiger partial charge in [-0.2, -0.15) is 4.98 Å². The molecule has 1 saturated heterocycles. The van der Waals surface area contributed by atoms with E-state index in [-0.39, 0.29) is 17.8 Å². The summed E-state index contributed by atoms with van der Waals surface area (Å²) in [4.78, 5) is 29.7. The average molecular weight is 443 g/mol. The molecular formula is C26H30N6O. The fraction of sp³-hybridized carbons (Fsp3) is 0.462. The van der Waals surface area contributed by atoms with E-state index in [1.165, 1.54) is 28.5 Å². The molecule has 3 atom stereocenters. The molecule has 3 aromatic rings. The molecule has 3 heterocycles. The molecule has 2 aromatic heterocycles. The van der Waals surface area contributed by atoms with E-state index in [0.29, 0.717) is 28.7 Å². The Labute approximate surface area is 194 Å². The van der Waals surface area contributed by atoms with Crippen molar-refractivity contribution in [2.24, 2.45) is 7.05 Å². The first-order chi connectivity index (χ1) is 15.9. The Morgan fingerprint density at radius 1 is 1.03 bits per heavy atom. The number of hydrogen-bond acceptors (Lipinski definition) is 5. The molecule has 2 aliphatic rings. The van der Waals surface area contributed by atoms with Crippen LogP contribution in [0.25, 0.3) is 15.9 Å². The van der Waals surface area contributed by atoms with Crippen LogP contribution in [0, 0.1) is 6.57 Å². The number of pyridine rings is 1. The normalized spacial score (nSPS) is 22.3. The fourth-order valence-corrected chi connectivity index (χ4v) is 5.10. The lowest BCUT2D eigenvalue weighted by atomic mass is 9.99. The number of fused-ring (bicyclic) bond motifs is 1. The van der Waals surface area contributed by atoms with Crippen molar-refractivity contribution in [2.75, 3.05) is 18.0 Å². The molecule has 2 fully saturated rings. The number of nitrogens with zero attached hydrogens (tertiary/aromatic N) is 6. The maximum Gasteiger partial charge on any atom is 0.350 e. The van der Waals surface area contributed by atoms with Gasteiger partial charge in [-0.15, -0.1) is 4.98 Å². The highest BCUT2D eigenvalue weighted by Crippen LogP contribution is 2.40. The third-order valence-electron chi connectivity index (χ3n) is 7.31. The van der Waals surface area contributed by atoms with Crippen molar-refractivity contribution in [3.05, 3.63) is 69.4 Å². The summed E-state index contributed by atoms with van der Waals surface area (Å²) in [5.41, 5.74) is 3.81. The van der Waals surface area contributed by atoms with E-state index in [0.717, 1.165) is 19.0 Å². The van der Waals surface area contributed by atoms with Crippen LogP contribution in [0.15, 0.2) is 41.2 Å². The molecule has 1 saturated carbocycles. The van der Waals surface area contributed by atoms with Gasteiger partial charge in [-0.25, -0.2) is 4.79 Å². The molecule has 33 heavy (non-hydrogen) atoms. The summed E-state index contributed by atoms with van der Waals surface area (Å²) in [6, 6.07) is 13.3. The Bertz CT molecular complexity index is 1290. The molecule has 0 amide bonds. The molecule has 0 spiro atoms. The summed E-state index contributed by atoms with van der Waals surface area (Å²) in [6.07, 6.45) is 2.64. The first-order valence-corrected chi connectivity index (χ1v) is 11.7. The summed E-state index contributed by atoms with van der Waals surface area (Å²) in [5.74, 6) is 1.67. The minimum atomic E-state index is -0.304. The summed E-state index contributed by atoms with van der Waals surface area (Å²) >= 11 is 0. The summed E-state index contributed by atoms with van der Waals surface area (Å²) in [7, 11) is 1.70. The number of aromatic nitrogens is 3. The quantitative estimate of drug-likeness (QED) is 0.560. The third-order valence-corrected chi connectivity index (χ3v) is 7.31. The summed E-state index contributed by atoms with van der Waals surface area (Å²) in [5, 5.41) is 0. The van der Waals surface area contributed by atoms with E-state index >= 15 is 0 Å². The zero-order valence-corrected chi connectivity index (χ0v) is 19.7. The van der Waals surface area contributed by atoms with Gasteiger partial charge in [-0.1, -0.05) is 30.8 Å². The van der Waals surface area contributed by atoms with Crippen LogP contribution in [0.1, 0.15) is 56.7 Å². The third kappa shape index (κ3) is 3.89. The van der Waals surface area contributed by atoms with E-state index in [1.54, 1.807) is 19.2 Å². The van der Waals surface area contributed by atoms with Crippen LogP contribution >= 0.6 is 0 Å². The van der Waals surface area contributed by atoms with Crippen molar-refractivity contribution in [2.45, 2.75) is 57.7 Å². The van der Waals surface area contributed by atoms with Gasteiger partial charge in [-0.05, 0) is 62.8 Å². The molecular weight excluding hydrogens is 412 g/mol. The van der Waals surface area contributed by atoms with Gasteiger partial charge in [0.25, 0.3) is 5.82 Å². The number of aryl methyl sites for hydroxylation is 1. The SMILES string of the molecule is [C-]#[N+]c1ccc2c(n1)c(N1C[C@@H](C)N(C(C)c3ccc(C4CC4)cc3)C[C@@H]1C)nc(=O)n2C. The molecule has 0 radical (unpaired) electrons. The molecule has 1 aromatic carbocycles. The highest BCUT2D eigenvalue weighted by atomic mass is 16.1. The zero-order chi connectivity index (χ0) is 23.3. The molecule has 7 nitrogen and oxygen atoms in total. The number of piperazine rings is 1. The second-order valence-electron chi connectivity index (χ2n) is 9.59. The number of anilines is 1. The number of benzene rings is 1. The molecule has 1 aliphatic carbocycles. The second-order valence-corrected chi connectivity index (χ2v) is 9.59. The van der Waals surface area contributed by atoms with Crippen molar-refractivity contribution in [3.63, 3.8) is 0 Å². The fourth-order valence-electron chi connectivity index (χ4n) is 5.10. The van der Waals surface area contributed by atoms with Crippen LogP contribution in [0.5, 0.6) is 0 Å². The largest absolute Gasteiger partial charge is 0.361 e. The van der Waals surface area contributed by atoms with Crippen LogP contribution < -0.4 is 10.6 Å². The van der Waals surface area contributed by atoms with Gasteiger partial charge in [0.2, 0.25) is 5.52 Å². The monoisotopic (exact) mass is 442 g/mol. The van der Waals surface area contributed by atoms with Crippen molar-refractivity contribution in [1.29, 1.82) is 0 Å². The van der Waals surface area contributed by atoms with Gasteiger partial charge >= 0.3 is 5.69 Å².